The van der Waals surface area contributed by atoms with Crippen molar-refractivity contribution in [3.63, 3.8) is 0 Å². The van der Waals surface area contributed by atoms with Crippen molar-refractivity contribution >= 4 is 0 Å². The Morgan fingerprint density at radius 2 is 2.06 bits per heavy atom. The summed E-state index contributed by atoms with van der Waals surface area (Å²) >= 11 is 0. The zero-order chi connectivity index (χ0) is 12.5. The summed E-state index contributed by atoms with van der Waals surface area (Å²) < 4.78 is 15.8. The van der Waals surface area contributed by atoms with Crippen LogP contribution >= 0.6 is 0 Å². The first-order chi connectivity index (χ1) is 8.00. The highest BCUT2D eigenvalue weighted by Crippen LogP contribution is 2.30. The fourth-order valence-corrected chi connectivity index (χ4v) is 2.22. The monoisotopic (exact) mass is 248 g/mol. The standard InChI is InChI=1S/C11H20O6/c1-2-9-3-7(12)4-10(16-9)17-11(14)5-8(13)6-15-11/h7-10,12-14H,2-6H2,1H3/t7?,8-,9+,10?,11?/m0/s1. The molecule has 17 heavy (non-hydrogen) atoms. The zero-order valence-electron chi connectivity index (χ0n) is 9.91. The predicted molar refractivity (Wildman–Crippen MR) is 56.8 cm³/mol. The molecular weight excluding hydrogens is 228 g/mol. The van der Waals surface area contributed by atoms with E-state index in [9.17, 15) is 15.3 Å². The van der Waals surface area contributed by atoms with E-state index in [-0.39, 0.29) is 19.1 Å². The van der Waals surface area contributed by atoms with E-state index in [2.05, 4.69) is 0 Å². The van der Waals surface area contributed by atoms with Crippen LogP contribution in [-0.2, 0) is 14.2 Å². The van der Waals surface area contributed by atoms with Crippen LogP contribution in [0.15, 0.2) is 0 Å². The van der Waals surface area contributed by atoms with Gasteiger partial charge in [0.2, 0.25) is 0 Å². The molecule has 0 aromatic heterocycles. The average Bonchev–Trinajstić information content (AvgIpc) is 2.57. The molecule has 2 aliphatic heterocycles. The molecule has 0 spiro atoms. The summed E-state index contributed by atoms with van der Waals surface area (Å²) in [5.74, 6) is -1.79. The highest BCUT2D eigenvalue weighted by atomic mass is 16.9. The van der Waals surface area contributed by atoms with Crippen molar-refractivity contribution in [2.24, 2.45) is 0 Å². The minimum Gasteiger partial charge on any atom is -0.393 e. The second kappa shape index (κ2) is 5.17. The quantitative estimate of drug-likeness (QED) is 0.595. The summed E-state index contributed by atoms with van der Waals surface area (Å²) in [6.07, 6.45) is -0.323. The SMILES string of the molecule is CC[C@@H]1CC(O)CC(OC2(O)C[C@H](O)CO2)O1. The van der Waals surface area contributed by atoms with Gasteiger partial charge in [0.25, 0.3) is 5.97 Å². The summed E-state index contributed by atoms with van der Waals surface area (Å²) in [6.45, 7) is 2.01. The van der Waals surface area contributed by atoms with E-state index >= 15 is 0 Å². The van der Waals surface area contributed by atoms with Crippen LogP contribution in [0, 0.1) is 0 Å². The van der Waals surface area contributed by atoms with Gasteiger partial charge in [0.15, 0.2) is 6.29 Å². The molecule has 0 radical (unpaired) electrons. The molecule has 0 aromatic rings. The van der Waals surface area contributed by atoms with Gasteiger partial charge in [0.1, 0.15) is 0 Å². The fourth-order valence-electron chi connectivity index (χ4n) is 2.22. The molecule has 2 heterocycles. The molecule has 0 aliphatic carbocycles. The summed E-state index contributed by atoms with van der Waals surface area (Å²) in [5.41, 5.74) is 0. The Labute approximate surface area is 100 Å². The first-order valence-electron chi connectivity index (χ1n) is 6.06. The molecule has 3 N–H and O–H groups in total. The predicted octanol–water partition coefficient (Wildman–Crippen LogP) is -0.294. The van der Waals surface area contributed by atoms with Gasteiger partial charge in [-0.15, -0.1) is 0 Å². The molecule has 0 aromatic carbocycles. The van der Waals surface area contributed by atoms with Gasteiger partial charge >= 0.3 is 0 Å². The van der Waals surface area contributed by atoms with Crippen molar-refractivity contribution in [1.82, 2.24) is 0 Å². The lowest BCUT2D eigenvalue weighted by atomic mass is 10.0. The molecule has 2 fully saturated rings. The molecule has 2 rings (SSSR count). The maximum Gasteiger partial charge on any atom is 0.285 e. The molecule has 5 atom stereocenters. The van der Waals surface area contributed by atoms with Crippen LogP contribution in [-0.4, -0.2) is 52.5 Å². The summed E-state index contributed by atoms with van der Waals surface area (Å²) in [5, 5.41) is 28.8. The highest BCUT2D eigenvalue weighted by Gasteiger charge is 2.43. The van der Waals surface area contributed by atoms with Gasteiger partial charge in [-0.05, 0) is 12.8 Å². The Morgan fingerprint density at radius 1 is 1.29 bits per heavy atom. The van der Waals surface area contributed by atoms with Crippen molar-refractivity contribution in [3.8, 4) is 0 Å². The van der Waals surface area contributed by atoms with Crippen molar-refractivity contribution in [1.29, 1.82) is 0 Å². The van der Waals surface area contributed by atoms with E-state index in [1.165, 1.54) is 0 Å². The van der Waals surface area contributed by atoms with Crippen LogP contribution in [0.25, 0.3) is 0 Å². The highest BCUT2D eigenvalue weighted by molar-refractivity contribution is 4.76. The number of hydrogen-bond acceptors (Lipinski definition) is 6. The Kier molecular flexibility index (Phi) is 4.02. The molecule has 2 saturated heterocycles. The minimum atomic E-state index is -1.79. The van der Waals surface area contributed by atoms with Gasteiger partial charge in [-0.3, -0.25) is 4.74 Å². The number of ether oxygens (including phenoxy) is 3. The second-order valence-corrected chi connectivity index (χ2v) is 4.72. The first-order valence-corrected chi connectivity index (χ1v) is 6.06. The third-order valence-corrected chi connectivity index (χ3v) is 3.11. The van der Waals surface area contributed by atoms with E-state index in [1.807, 2.05) is 6.92 Å². The molecule has 3 unspecified atom stereocenters. The van der Waals surface area contributed by atoms with Gasteiger partial charge < -0.3 is 24.8 Å². The molecular formula is C11H20O6. The molecule has 100 valence electrons. The van der Waals surface area contributed by atoms with Gasteiger partial charge in [-0.2, -0.15) is 0 Å². The minimum absolute atomic E-state index is 0.000251. The Morgan fingerprint density at radius 3 is 2.65 bits per heavy atom. The smallest absolute Gasteiger partial charge is 0.285 e. The van der Waals surface area contributed by atoms with Gasteiger partial charge in [-0.25, -0.2) is 0 Å². The third-order valence-electron chi connectivity index (χ3n) is 3.11. The van der Waals surface area contributed by atoms with Crippen LogP contribution in [0.4, 0.5) is 0 Å². The maximum absolute atomic E-state index is 9.89. The number of rotatable bonds is 3. The summed E-state index contributed by atoms with van der Waals surface area (Å²) in [6, 6.07) is 0. The van der Waals surface area contributed by atoms with E-state index in [0.717, 1.165) is 6.42 Å². The Hall–Kier alpha value is -0.240. The van der Waals surface area contributed by atoms with Gasteiger partial charge in [0, 0.05) is 6.42 Å². The topological polar surface area (TPSA) is 88.4 Å². The zero-order valence-corrected chi connectivity index (χ0v) is 9.91. The van der Waals surface area contributed by atoms with Gasteiger partial charge in [-0.1, -0.05) is 6.92 Å². The first kappa shape index (κ1) is 13.2. The fraction of sp³-hybridized carbons (Fsp3) is 1.00. The van der Waals surface area contributed by atoms with Crippen molar-refractivity contribution < 1.29 is 29.5 Å². The lowest BCUT2D eigenvalue weighted by Gasteiger charge is -2.35. The molecule has 6 nitrogen and oxygen atoms in total. The maximum atomic E-state index is 9.89. The van der Waals surface area contributed by atoms with E-state index < -0.39 is 24.5 Å². The van der Waals surface area contributed by atoms with E-state index in [0.29, 0.717) is 12.8 Å². The van der Waals surface area contributed by atoms with E-state index in [4.69, 9.17) is 14.2 Å². The van der Waals surface area contributed by atoms with Crippen LogP contribution in [0.5, 0.6) is 0 Å². The summed E-state index contributed by atoms with van der Waals surface area (Å²) in [4.78, 5) is 0. The van der Waals surface area contributed by atoms with Crippen LogP contribution in [0.2, 0.25) is 0 Å². The van der Waals surface area contributed by atoms with Crippen LogP contribution < -0.4 is 0 Å². The number of hydrogen-bond donors (Lipinski definition) is 3. The van der Waals surface area contributed by atoms with Crippen molar-refractivity contribution in [3.05, 3.63) is 0 Å². The average molecular weight is 248 g/mol. The van der Waals surface area contributed by atoms with Crippen molar-refractivity contribution in [2.75, 3.05) is 6.61 Å². The largest absolute Gasteiger partial charge is 0.393 e. The normalized spacial score (nSPS) is 47.3. The molecule has 6 heteroatoms. The lowest BCUT2D eigenvalue weighted by Crippen LogP contribution is -2.43. The molecule has 0 amide bonds. The van der Waals surface area contributed by atoms with Crippen molar-refractivity contribution in [2.45, 2.75) is 63.2 Å². The number of aliphatic hydroxyl groups is 3. The number of aliphatic hydroxyl groups excluding tert-OH is 2. The molecule has 0 saturated carbocycles. The van der Waals surface area contributed by atoms with Crippen LogP contribution in [0.3, 0.4) is 0 Å². The lowest BCUT2D eigenvalue weighted by molar-refractivity contribution is -0.399. The Balaban J connectivity index is 1.89. The van der Waals surface area contributed by atoms with E-state index in [1.54, 1.807) is 0 Å². The Bertz CT molecular complexity index is 260. The summed E-state index contributed by atoms with van der Waals surface area (Å²) in [7, 11) is 0. The second-order valence-electron chi connectivity index (χ2n) is 4.72. The molecule has 0 bridgehead atoms. The molecule has 2 aliphatic rings. The van der Waals surface area contributed by atoms with Crippen LogP contribution in [0.1, 0.15) is 32.6 Å². The van der Waals surface area contributed by atoms with Gasteiger partial charge in [0.05, 0.1) is 31.3 Å². The third kappa shape index (κ3) is 3.37.